The van der Waals surface area contributed by atoms with E-state index in [9.17, 15) is 0 Å². The maximum atomic E-state index is 4.38. The van der Waals surface area contributed by atoms with E-state index in [0.717, 1.165) is 30.5 Å². The van der Waals surface area contributed by atoms with Gasteiger partial charge in [0.25, 0.3) is 0 Å². The van der Waals surface area contributed by atoms with E-state index in [2.05, 4.69) is 70.7 Å². The lowest BCUT2D eigenvalue weighted by Crippen LogP contribution is -2.41. The van der Waals surface area contributed by atoms with Crippen molar-refractivity contribution in [1.82, 2.24) is 20.4 Å². The molecule has 2 aromatic rings. The molecule has 2 fully saturated rings. The summed E-state index contributed by atoms with van der Waals surface area (Å²) in [4.78, 5) is 2.65. The molecular formula is C21H30N4. The highest BCUT2D eigenvalue weighted by Gasteiger charge is 2.42. The number of fused-ring (bicyclic) bond motifs is 1. The van der Waals surface area contributed by atoms with Gasteiger partial charge in [-0.05, 0) is 50.2 Å². The number of rotatable bonds is 6. The number of hydrogen-bond acceptors (Lipinski definition) is 3. The minimum Gasteiger partial charge on any atom is -0.311 e. The molecule has 0 spiro atoms. The quantitative estimate of drug-likeness (QED) is 0.850. The molecule has 134 valence electrons. The molecule has 1 saturated carbocycles. The van der Waals surface area contributed by atoms with E-state index < -0.39 is 0 Å². The molecule has 0 unspecified atom stereocenters. The number of aromatic nitrogens is 2. The van der Waals surface area contributed by atoms with E-state index in [1.54, 1.807) is 0 Å². The fourth-order valence-corrected chi connectivity index (χ4v) is 4.85. The molecule has 1 aromatic carbocycles. The van der Waals surface area contributed by atoms with Gasteiger partial charge in [-0.1, -0.05) is 30.3 Å². The molecule has 1 aromatic heterocycles. The number of hydrogen-bond donors (Lipinski definition) is 2. The number of benzene rings is 1. The summed E-state index contributed by atoms with van der Waals surface area (Å²) in [6.45, 7) is 7.98. The van der Waals surface area contributed by atoms with Crippen LogP contribution in [0.3, 0.4) is 0 Å². The molecule has 2 aliphatic rings. The second-order valence-corrected chi connectivity index (χ2v) is 8.10. The summed E-state index contributed by atoms with van der Waals surface area (Å²) in [7, 11) is 0. The molecule has 0 bridgehead atoms. The third-order valence-electron chi connectivity index (χ3n) is 5.95. The fraction of sp³-hybridized carbons (Fsp3) is 0.571. The van der Waals surface area contributed by atoms with Crippen LogP contribution in [0.25, 0.3) is 0 Å². The zero-order valence-corrected chi connectivity index (χ0v) is 15.4. The maximum absolute atomic E-state index is 4.38. The molecule has 25 heavy (non-hydrogen) atoms. The van der Waals surface area contributed by atoms with Crippen molar-refractivity contribution in [3.8, 4) is 0 Å². The molecule has 0 radical (unpaired) electrons. The van der Waals surface area contributed by atoms with Crippen LogP contribution in [0.15, 0.2) is 36.4 Å². The molecule has 0 amide bonds. The van der Waals surface area contributed by atoms with Gasteiger partial charge in [0.2, 0.25) is 0 Å². The predicted octanol–water partition coefficient (Wildman–Crippen LogP) is 3.15. The van der Waals surface area contributed by atoms with E-state index in [4.69, 9.17) is 0 Å². The Morgan fingerprint density at radius 3 is 2.84 bits per heavy atom. The van der Waals surface area contributed by atoms with Crippen molar-refractivity contribution < 1.29 is 0 Å². The van der Waals surface area contributed by atoms with Gasteiger partial charge in [0.15, 0.2) is 0 Å². The standard InChI is InChI=1S/C21H30N4/c1-15(10-19-11-16(2)23-24-19)22-21-9-8-18-13-25(14-20(18)21)12-17-6-4-3-5-7-17/h3-7,11,15,18,20-22H,8-10,12-14H2,1-2H3,(H,23,24)/t15-,18+,20-,21+/m0/s1. The second kappa shape index (κ2) is 7.30. The zero-order chi connectivity index (χ0) is 17.2. The first-order chi connectivity index (χ1) is 12.2. The normalized spacial score (nSPS) is 27.5. The highest BCUT2D eigenvalue weighted by molar-refractivity contribution is 5.15. The first kappa shape index (κ1) is 16.8. The largest absolute Gasteiger partial charge is 0.311 e. The van der Waals surface area contributed by atoms with Crippen molar-refractivity contribution in [1.29, 1.82) is 0 Å². The molecule has 1 aliphatic heterocycles. The molecule has 2 N–H and O–H groups in total. The number of H-pyrrole nitrogens is 1. The lowest BCUT2D eigenvalue weighted by Gasteiger charge is -2.25. The molecule has 4 heteroatoms. The van der Waals surface area contributed by atoms with E-state index in [-0.39, 0.29) is 0 Å². The van der Waals surface area contributed by atoms with Gasteiger partial charge in [0.05, 0.1) is 5.69 Å². The minimum atomic E-state index is 0.481. The Hall–Kier alpha value is -1.65. The van der Waals surface area contributed by atoms with Crippen LogP contribution in [0.1, 0.15) is 36.7 Å². The summed E-state index contributed by atoms with van der Waals surface area (Å²) in [5, 5.41) is 11.3. The van der Waals surface area contributed by atoms with E-state index in [1.807, 2.05) is 0 Å². The molecule has 2 heterocycles. The molecule has 4 rings (SSSR count). The molecule has 1 aliphatic carbocycles. The Morgan fingerprint density at radius 2 is 2.08 bits per heavy atom. The Balaban J connectivity index is 1.30. The summed E-state index contributed by atoms with van der Waals surface area (Å²) in [6, 6.07) is 14.2. The lowest BCUT2D eigenvalue weighted by molar-refractivity contribution is 0.282. The fourth-order valence-electron chi connectivity index (χ4n) is 4.85. The Kier molecular flexibility index (Phi) is 4.91. The van der Waals surface area contributed by atoms with Crippen molar-refractivity contribution >= 4 is 0 Å². The van der Waals surface area contributed by atoms with Gasteiger partial charge in [-0.2, -0.15) is 5.10 Å². The summed E-state index contributed by atoms with van der Waals surface area (Å²) < 4.78 is 0. The highest BCUT2D eigenvalue weighted by atomic mass is 15.2. The summed E-state index contributed by atoms with van der Waals surface area (Å²) in [5.41, 5.74) is 3.76. The summed E-state index contributed by atoms with van der Waals surface area (Å²) in [6.07, 6.45) is 3.71. The van der Waals surface area contributed by atoms with Crippen LogP contribution in [0.4, 0.5) is 0 Å². The first-order valence-electron chi connectivity index (χ1n) is 9.70. The van der Waals surface area contributed by atoms with Crippen molar-refractivity contribution in [2.45, 2.75) is 51.7 Å². The monoisotopic (exact) mass is 338 g/mol. The summed E-state index contributed by atoms with van der Waals surface area (Å²) in [5.74, 6) is 1.69. The Labute approximate surface area is 151 Å². The third-order valence-corrected chi connectivity index (χ3v) is 5.95. The van der Waals surface area contributed by atoms with Crippen LogP contribution < -0.4 is 5.32 Å². The third kappa shape index (κ3) is 3.96. The molecule has 1 saturated heterocycles. The van der Waals surface area contributed by atoms with E-state index in [1.165, 1.54) is 37.2 Å². The lowest BCUT2D eigenvalue weighted by atomic mass is 9.97. The van der Waals surface area contributed by atoms with Crippen LogP contribution in [0, 0.1) is 18.8 Å². The van der Waals surface area contributed by atoms with Gasteiger partial charge >= 0.3 is 0 Å². The molecular weight excluding hydrogens is 308 g/mol. The first-order valence-corrected chi connectivity index (χ1v) is 9.70. The van der Waals surface area contributed by atoms with Crippen molar-refractivity contribution in [3.05, 3.63) is 53.3 Å². The SMILES string of the molecule is Cc1cc(C[C@H](C)N[C@@H]2CC[C@@H]3CN(Cc4ccccc4)C[C@@H]32)n[nH]1. The highest BCUT2D eigenvalue weighted by Crippen LogP contribution is 2.38. The van der Waals surface area contributed by atoms with Gasteiger partial charge < -0.3 is 5.32 Å². The molecule has 4 nitrogen and oxygen atoms in total. The van der Waals surface area contributed by atoms with Crippen LogP contribution in [-0.2, 0) is 13.0 Å². The van der Waals surface area contributed by atoms with Crippen molar-refractivity contribution in [2.75, 3.05) is 13.1 Å². The van der Waals surface area contributed by atoms with Crippen LogP contribution >= 0.6 is 0 Å². The van der Waals surface area contributed by atoms with Crippen LogP contribution in [0.5, 0.6) is 0 Å². The number of likely N-dealkylation sites (tertiary alicyclic amines) is 1. The van der Waals surface area contributed by atoms with Crippen LogP contribution in [0.2, 0.25) is 0 Å². The number of aromatic amines is 1. The second-order valence-electron chi connectivity index (χ2n) is 8.10. The zero-order valence-electron chi connectivity index (χ0n) is 15.4. The van der Waals surface area contributed by atoms with E-state index in [0.29, 0.717) is 12.1 Å². The van der Waals surface area contributed by atoms with Crippen molar-refractivity contribution in [2.24, 2.45) is 11.8 Å². The number of nitrogens with zero attached hydrogens (tertiary/aromatic N) is 2. The number of nitrogens with one attached hydrogen (secondary N) is 2. The predicted molar refractivity (Wildman–Crippen MR) is 101 cm³/mol. The van der Waals surface area contributed by atoms with Gasteiger partial charge in [-0.15, -0.1) is 0 Å². The smallest absolute Gasteiger partial charge is 0.0640 e. The molecule has 4 atom stereocenters. The van der Waals surface area contributed by atoms with Crippen LogP contribution in [-0.4, -0.2) is 40.3 Å². The van der Waals surface area contributed by atoms with Gasteiger partial charge in [0, 0.05) is 43.8 Å². The number of aryl methyl sites for hydroxylation is 1. The average Bonchev–Trinajstić information content (AvgIpc) is 3.27. The Bertz CT molecular complexity index is 680. The van der Waals surface area contributed by atoms with Crippen molar-refractivity contribution in [3.63, 3.8) is 0 Å². The maximum Gasteiger partial charge on any atom is 0.0640 e. The average molecular weight is 338 g/mol. The topological polar surface area (TPSA) is 44.0 Å². The minimum absolute atomic E-state index is 0.481. The van der Waals surface area contributed by atoms with E-state index >= 15 is 0 Å². The van der Waals surface area contributed by atoms with Gasteiger partial charge in [-0.25, -0.2) is 0 Å². The summed E-state index contributed by atoms with van der Waals surface area (Å²) >= 11 is 0. The van der Waals surface area contributed by atoms with Gasteiger partial charge in [0.1, 0.15) is 0 Å². The Morgan fingerprint density at radius 1 is 1.24 bits per heavy atom. The van der Waals surface area contributed by atoms with Gasteiger partial charge in [-0.3, -0.25) is 10.00 Å².